The molecule has 2 aromatic carbocycles. The van der Waals surface area contributed by atoms with Crippen LogP contribution in [0.15, 0.2) is 60.2 Å². The zero-order chi connectivity index (χ0) is 15.6. The number of halogens is 1. The van der Waals surface area contributed by atoms with Crippen LogP contribution < -0.4 is 0 Å². The van der Waals surface area contributed by atoms with E-state index in [2.05, 4.69) is 37.6 Å². The lowest BCUT2D eigenvalue weighted by atomic mass is 9.92. The van der Waals surface area contributed by atoms with Crippen molar-refractivity contribution < 1.29 is 4.39 Å². The predicted molar refractivity (Wildman–Crippen MR) is 91.1 cm³/mol. The zero-order valence-electron chi connectivity index (χ0n) is 12.2. The second-order valence-electron chi connectivity index (χ2n) is 5.07. The molecule has 0 aromatic heterocycles. The van der Waals surface area contributed by atoms with Crippen LogP contribution in [0.5, 0.6) is 0 Å². The molecule has 0 fully saturated rings. The average Bonchev–Trinajstić information content (AvgIpc) is 2.40. The molecule has 21 heavy (non-hydrogen) atoms. The molecule has 106 valence electrons. The second kappa shape index (κ2) is 6.17. The van der Waals surface area contributed by atoms with Gasteiger partial charge in [-0.2, -0.15) is 0 Å². The molecule has 0 aliphatic rings. The Balaban J connectivity index is 2.51. The summed E-state index contributed by atoms with van der Waals surface area (Å²) in [5.41, 5.74) is 7.77. The molecule has 2 aromatic rings. The van der Waals surface area contributed by atoms with E-state index in [0.29, 0.717) is 21.6 Å². The molecule has 0 aliphatic heterocycles. The smallest absolute Gasteiger partial charge is 0.132 e. The average molecular weight is 296 g/mol. The highest BCUT2D eigenvalue weighted by Gasteiger charge is 2.13. The van der Waals surface area contributed by atoms with Crippen LogP contribution in [0.2, 0.25) is 0 Å². The number of hydrogen-bond donors (Lipinski definition) is 1. The summed E-state index contributed by atoms with van der Waals surface area (Å²) in [6.45, 7) is 11.8. The normalized spacial score (nSPS) is 10.1. The summed E-state index contributed by atoms with van der Waals surface area (Å²) >= 11 is 4.14. The molecule has 0 saturated heterocycles. The SMILES string of the molecule is C=C=C(C(=C)c1cc(C)cc(C)c1)c1ccc(S)cc1F. The van der Waals surface area contributed by atoms with Crippen LogP contribution in [0, 0.1) is 19.7 Å². The van der Waals surface area contributed by atoms with Crippen LogP contribution >= 0.6 is 12.6 Å². The number of rotatable bonds is 3. The summed E-state index contributed by atoms with van der Waals surface area (Å²) < 4.78 is 14.1. The molecule has 0 bridgehead atoms. The van der Waals surface area contributed by atoms with Crippen LogP contribution in [-0.2, 0) is 0 Å². The van der Waals surface area contributed by atoms with Crippen molar-refractivity contribution in [1.82, 2.24) is 0 Å². The van der Waals surface area contributed by atoms with Crippen molar-refractivity contribution in [2.45, 2.75) is 18.7 Å². The van der Waals surface area contributed by atoms with Gasteiger partial charge >= 0.3 is 0 Å². The van der Waals surface area contributed by atoms with Crippen molar-refractivity contribution in [3.05, 3.63) is 83.4 Å². The summed E-state index contributed by atoms with van der Waals surface area (Å²) in [6.07, 6.45) is 0. The molecule has 2 heteroatoms. The van der Waals surface area contributed by atoms with Gasteiger partial charge < -0.3 is 0 Å². The zero-order valence-corrected chi connectivity index (χ0v) is 13.1. The van der Waals surface area contributed by atoms with E-state index in [1.807, 2.05) is 26.0 Å². The Morgan fingerprint density at radius 2 is 1.71 bits per heavy atom. The van der Waals surface area contributed by atoms with Crippen molar-refractivity contribution >= 4 is 23.8 Å². The highest BCUT2D eigenvalue weighted by atomic mass is 32.1. The van der Waals surface area contributed by atoms with Crippen LogP contribution in [0.1, 0.15) is 22.3 Å². The highest BCUT2D eigenvalue weighted by molar-refractivity contribution is 7.80. The molecular formula is C19H17FS. The number of thiol groups is 1. The molecular weight excluding hydrogens is 279 g/mol. The fourth-order valence-electron chi connectivity index (χ4n) is 2.36. The summed E-state index contributed by atoms with van der Waals surface area (Å²) in [4.78, 5) is 0.580. The molecule has 0 unspecified atom stereocenters. The molecule has 0 aliphatic carbocycles. The second-order valence-corrected chi connectivity index (χ2v) is 5.59. The number of allylic oxidation sites excluding steroid dienone is 2. The summed E-state index contributed by atoms with van der Waals surface area (Å²) in [6, 6.07) is 10.9. The van der Waals surface area contributed by atoms with E-state index in [1.165, 1.54) is 6.07 Å². The van der Waals surface area contributed by atoms with E-state index < -0.39 is 0 Å². The number of benzene rings is 2. The van der Waals surface area contributed by atoms with E-state index in [-0.39, 0.29) is 5.82 Å². The Kier molecular flexibility index (Phi) is 4.52. The lowest BCUT2D eigenvalue weighted by Gasteiger charge is -2.12. The molecule has 0 nitrogen and oxygen atoms in total. The Morgan fingerprint density at radius 1 is 1.10 bits per heavy atom. The topological polar surface area (TPSA) is 0 Å². The predicted octanol–water partition coefficient (Wildman–Crippen LogP) is 5.61. The molecule has 0 radical (unpaired) electrons. The van der Waals surface area contributed by atoms with Crippen LogP contribution in [0.4, 0.5) is 4.39 Å². The van der Waals surface area contributed by atoms with E-state index in [1.54, 1.807) is 12.1 Å². The largest absolute Gasteiger partial charge is 0.206 e. The Labute approximate surface area is 130 Å². The lowest BCUT2D eigenvalue weighted by molar-refractivity contribution is 0.621. The van der Waals surface area contributed by atoms with Gasteiger partial charge in [-0.05, 0) is 43.2 Å². The Bertz CT molecular complexity index is 745. The number of hydrogen-bond acceptors (Lipinski definition) is 1. The molecule has 0 amide bonds. The molecule has 0 N–H and O–H groups in total. The van der Waals surface area contributed by atoms with Gasteiger partial charge in [-0.3, -0.25) is 0 Å². The van der Waals surface area contributed by atoms with E-state index in [0.717, 1.165) is 16.7 Å². The van der Waals surface area contributed by atoms with Crippen LogP contribution in [-0.4, -0.2) is 0 Å². The summed E-state index contributed by atoms with van der Waals surface area (Å²) in [5.74, 6) is -0.348. The van der Waals surface area contributed by atoms with Crippen molar-refractivity contribution in [2.75, 3.05) is 0 Å². The van der Waals surface area contributed by atoms with Crippen molar-refractivity contribution in [3.8, 4) is 0 Å². The first-order valence-corrected chi connectivity index (χ1v) is 7.04. The van der Waals surface area contributed by atoms with Gasteiger partial charge in [0.1, 0.15) is 5.82 Å². The van der Waals surface area contributed by atoms with Gasteiger partial charge in [0, 0.05) is 16.0 Å². The standard InChI is InChI=1S/C19H17FS/c1-5-17(18-7-6-16(21)11-19(18)20)14(4)15-9-12(2)8-13(3)10-15/h6-11,21H,1,4H2,2-3H3. The van der Waals surface area contributed by atoms with Crippen LogP contribution in [0.3, 0.4) is 0 Å². The van der Waals surface area contributed by atoms with Gasteiger partial charge in [0.05, 0.1) is 0 Å². The first-order valence-electron chi connectivity index (χ1n) is 6.59. The summed E-state index contributed by atoms with van der Waals surface area (Å²) in [5, 5.41) is 0. The minimum absolute atomic E-state index is 0.348. The molecule has 0 heterocycles. The first-order chi connectivity index (χ1) is 9.92. The van der Waals surface area contributed by atoms with Crippen LogP contribution in [0.25, 0.3) is 11.1 Å². The lowest BCUT2D eigenvalue weighted by Crippen LogP contribution is -1.94. The van der Waals surface area contributed by atoms with Crippen molar-refractivity contribution in [3.63, 3.8) is 0 Å². The highest BCUT2D eigenvalue weighted by Crippen LogP contribution is 2.32. The van der Waals surface area contributed by atoms with Gasteiger partial charge in [0.2, 0.25) is 0 Å². The van der Waals surface area contributed by atoms with Crippen molar-refractivity contribution in [1.29, 1.82) is 0 Å². The maximum Gasteiger partial charge on any atom is 0.132 e. The molecule has 0 saturated carbocycles. The third-order valence-electron chi connectivity index (χ3n) is 3.27. The third kappa shape index (κ3) is 3.36. The van der Waals surface area contributed by atoms with Gasteiger partial charge in [0.25, 0.3) is 0 Å². The van der Waals surface area contributed by atoms with Gasteiger partial charge in [-0.25, -0.2) is 4.39 Å². The first kappa shape index (κ1) is 15.4. The Morgan fingerprint density at radius 3 is 2.24 bits per heavy atom. The minimum atomic E-state index is -0.348. The van der Waals surface area contributed by atoms with E-state index in [4.69, 9.17) is 0 Å². The maximum atomic E-state index is 14.1. The fraction of sp³-hybridized carbons (Fsp3) is 0.105. The quantitative estimate of drug-likeness (QED) is 0.424. The number of aryl methyl sites for hydroxylation is 2. The van der Waals surface area contributed by atoms with E-state index >= 15 is 0 Å². The van der Waals surface area contributed by atoms with Gasteiger partial charge in [-0.15, -0.1) is 18.4 Å². The fourth-order valence-corrected chi connectivity index (χ4v) is 2.55. The Hall–Kier alpha value is -2.02. The van der Waals surface area contributed by atoms with Gasteiger partial charge in [0.15, 0.2) is 0 Å². The molecule has 0 spiro atoms. The van der Waals surface area contributed by atoms with Gasteiger partial charge in [-0.1, -0.05) is 42.5 Å². The maximum absolute atomic E-state index is 14.1. The van der Waals surface area contributed by atoms with Crippen molar-refractivity contribution in [2.24, 2.45) is 0 Å². The minimum Gasteiger partial charge on any atom is -0.206 e. The summed E-state index contributed by atoms with van der Waals surface area (Å²) in [7, 11) is 0. The third-order valence-corrected chi connectivity index (χ3v) is 3.55. The van der Waals surface area contributed by atoms with E-state index in [9.17, 15) is 4.39 Å². The molecule has 2 rings (SSSR count). The molecule has 0 atom stereocenters. The monoisotopic (exact) mass is 296 g/mol.